The van der Waals surface area contributed by atoms with E-state index >= 15 is 0 Å². The van der Waals surface area contributed by atoms with Crippen molar-refractivity contribution in [2.45, 2.75) is 13.8 Å². The molecule has 1 N–H and O–H groups in total. The van der Waals surface area contributed by atoms with Crippen LogP contribution < -0.4 is 10.1 Å². The number of thiazole rings is 1. The van der Waals surface area contributed by atoms with E-state index in [1.807, 2.05) is 19.1 Å². The van der Waals surface area contributed by atoms with E-state index in [0.717, 1.165) is 45.3 Å². The first-order valence-electron chi connectivity index (χ1n) is 6.87. The van der Waals surface area contributed by atoms with Crippen molar-refractivity contribution in [3.8, 4) is 17.0 Å². The first-order chi connectivity index (χ1) is 10.2. The van der Waals surface area contributed by atoms with Crippen molar-refractivity contribution in [2.24, 2.45) is 0 Å². The normalized spacial score (nSPS) is 10.8. The largest absolute Gasteiger partial charge is 0.494 e. The number of aromatic nitrogens is 2. The van der Waals surface area contributed by atoms with Crippen molar-refractivity contribution < 1.29 is 4.74 Å². The van der Waals surface area contributed by atoms with E-state index in [4.69, 9.17) is 4.74 Å². The molecular weight excluding hydrogens is 282 g/mol. The van der Waals surface area contributed by atoms with Crippen molar-refractivity contribution >= 4 is 27.4 Å². The summed E-state index contributed by atoms with van der Waals surface area (Å²) in [5.74, 6) is 0.791. The highest BCUT2D eigenvalue weighted by atomic mass is 32.1. The van der Waals surface area contributed by atoms with Crippen molar-refractivity contribution in [1.29, 1.82) is 0 Å². The van der Waals surface area contributed by atoms with Crippen molar-refractivity contribution in [1.82, 2.24) is 9.97 Å². The van der Waals surface area contributed by atoms with Crippen LogP contribution in [-0.2, 0) is 0 Å². The molecule has 0 bridgehead atoms. The number of fused-ring (bicyclic) bond motifs is 1. The molecule has 0 aliphatic carbocycles. The number of methoxy groups -OCH3 is 1. The lowest BCUT2D eigenvalue weighted by Crippen LogP contribution is -1.96. The third kappa shape index (κ3) is 2.56. The molecule has 4 nitrogen and oxygen atoms in total. The van der Waals surface area contributed by atoms with E-state index < -0.39 is 0 Å². The lowest BCUT2D eigenvalue weighted by Gasteiger charge is -2.09. The first-order valence-corrected chi connectivity index (χ1v) is 7.75. The van der Waals surface area contributed by atoms with Gasteiger partial charge in [0.2, 0.25) is 0 Å². The van der Waals surface area contributed by atoms with Gasteiger partial charge in [-0.3, -0.25) is 0 Å². The van der Waals surface area contributed by atoms with Gasteiger partial charge < -0.3 is 10.1 Å². The fourth-order valence-electron chi connectivity index (χ4n) is 2.36. The van der Waals surface area contributed by atoms with Gasteiger partial charge in [0.25, 0.3) is 0 Å². The van der Waals surface area contributed by atoms with Gasteiger partial charge in [0.15, 0.2) is 5.13 Å². The predicted octanol–water partition coefficient (Wildman–Crippen LogP) is 4.11. The Balaban J connectivity index is 2.21. The van der Waals surface area contributed by atoms with Crippen LogP contribution in [-0.4, -0.2) is 23.6 Å². The Morgan fingerprint density at radius 2 is 2.14 bits per heavy atom. The minimum absolute atomic E-state index is 0.791. The van der Waals surface area contributed by atoms with Crippen LogP contribution >= 0.6 is 11.3 Å². The second-order valence-corrected chi connectivity index (χ2v) is 5.59. The van der Waals surface area contributed by atoms with Crippen LogP contribution in [0.4, 0.5) is 5.13 Å². The van der Waals surface area contributed by atoms with Crippen molar-refractivity contribution in [3.63, 3.8) is 0 Å². The summed E-state index contributed by atoms with van der Waals surface area (Å²) in [5.41, 5.74) is 3.91. The quantitative estimate of drug-likeness (QED) is 0.787. The molecule has 0 aliphatic heterocycles. The van der Waals surface area contributed by atoms with Crippen LogP contribution in [0.2, 0.25) is 0 Å². The Morgan fingerprint density at radius 1 is 1.29 bits per heavy atom. The fourth-order valence-corrected chi connectivity index (χ4v) is 3.14. The van der Waals surface area contributed by atoms with Gasteiger partial charge in [-0.15, -0.1) is 11.3 Å². The maximum Gasteiger partial charge on any atom is 0.183 e. The average Bonchev–Trinajstić information content (AvgIpc) is 2.94. The van der Waals surface area contributed by atoms with Gasteiger partial charge in [-0.1, -0.05) is 12.1 Å². The van der Waals surface area contributed by atoms with E-state index in [1.54, 1.807) is 18.4 Å². The number of pyridine rings is 1. The summed E-state index contributed by atoms with van der Waals surface area (Å²) in [7, 11) is 1.67. The molecule has 3 rings (SSSR count). The number of benzene rings is 1. The van der Waals surface area contributed by atoms with Gasteiger partial charge in [-0.25, -0.2) is 9.97 Å². The monoisotopic (exact) mass is 299 g/mol. The standard InChI is InChI=1S/C16H17N3OS/c1-4-17-16-19-13(9-21-16)12-8-10(2)18-15-11(12)6-5-7-14(15)20-3/h5-9H,4H2,1-3H3,(H,17,19). The Bertz CT molecular complexity index is 782. The molecule has 0 aliphatic rings. The van der Waals surface area contributed by atoms with Gasteiger partial charge in [0.1, 0.15) is 11.3 Å². The molecule has 5 heteroatoms. The summed E-state index contributed by atoms with van der Waals surface area (Å²) in [5, 5.41) is 7.33. The SMILES string of the molecule is CCNc1nc(-c2cc(C)nc3c(OC)cccc23)cs1. The van der Waals surface area contributed by atoms with E-state index in [-0.39, 0.29) is 0 Å². The summed E-state index contributed by atoms with van der Waals surface area (Å²) in [4.78, 5) is 9.27. The second kappa shape index (κ2) is 5.69. The molecule has 0 radical (unpaired) electrons. The van der Waals surface area contributed by atoms with E-state index in [2.05, 4.69) is 39.7 Å². The van der Waals surface area contributed by atoms with E-state index in [0.29, 0.717) is 0 Å². The smallest absolute Gasteiger partial charge is 0.183 e. The van der Waals surface area contributed by atoms with Crippen LogP contribution in [0.3, 0.4) is 0 Å². The van der Waals surface area contributed by atoms with Crippen molar-refractivity contribution in [3.05, 3.63) is 35.3 Å². The number of para-hydroxylation sites is 1. The van der Waals surface area contributed by atoms with Gasteiger partial charge >= 0.3 is 0 Å². The highest BCUT2D eigenvalue weighted by Crippen LogP contribution is 2.34. The minimum Gasteiger partial charge on any atom is -0.494 e. The third-order valence-corrected chi connectivity index (χ3v) is 4.06. The lowest BCUT2D eigenvalue weighted by molar-refractivity contribution is 0.419. The van der Waals surface area contributed by atoms with Crippen LogP contribution in [0.15, 0.2) is 29.6 Å². The topological polar surface area (TPSA) is 47.0 Å². The zero-order chi connectivity index (χ0) is 14.8. The molecule has 2 aromatic heterocycles. The zero-order valence-electron chi connectivity index (χ0n) is 12.3. The zero-order valence-corrected chi connectivity index (χ0v) is 13.1. The summed E-state index contributed by atoms with van der Waals surface area (Å²) in [6.45, 7) is 4.93. The molecule has 3 aromatic rings. The Morgan fingerprint density at radius 3 is 2.90 bits per heavy atom. The van der Waals surface area contributed by atoms with Crippen LogP contribution in [0.1, 0.15) is 12.6 Å². The number of ether oxygens (including phenoxy) is 1. The third-order valence-electron chi connectivity index (χ3n) is 3.26. The molecule has 0 spiro atoms. The Labute approximate surface area is 127 Å². The molecule has 21 heavy (non-hydrogen) atoms. The van der Waals surface area contributed by atoms with Crippen LogP contribution in [0, 0.1) is 6.92 Å². The average molecular weight is 299 g/mol. The molecule has 2 heterocycles. The molecule has 1 aromatic carbocycles. The maximum absolute atomic E-state index is 5.42. The molecular formula is C16H17N3OS. The molecule has 0 saturated carbocycles. The number of hydrogen-bond acceptors (Lipinski definition) is 5. The Kier molecular flexibility index (Phi) is 3.75. The summed E-state index contributed by atoms with van der Waals surface area (Å²) >= 11 is 1.62. The molecule has 0 unspecified atom stereocenters. The molecule has 0 saturated heterocycles. The van der Waals surface area contributed by atoms with Gasteiger partial charge in [0.05, 0.1) is 12.8 Å². The summed E-state index contributed by atoms with van der Waals surface area (Å²) < 4.78 is 5.42. The van der Waals surface area contributed by atoms with Crippen molar-refractivity contribution in [2.75, 3.05) is 19.0 Å². The van der Waals surface area contributed by atoms with Crippen LogP contribution in [0.25, 0.3) is 22.2 Å². The van der Waals surface area contributed by atoms with Gasteiger partial charge in [-0.2, -0.15) is 0 Å². The fraction of sp³-hybridized carbons (Fsp3) is 0.250. The highest BCUT2D eigenvalue weighted by Gasteiger charge is 2.12. The maximum atomic E-state index is 5.42. The number of rotatable bonds is 4. The highest BCUT2D eigenvalue weighted by molar-refractivity contribution is 7.14. The summed E-state index contributed by atoms with van der Waals surface area (Å²) in [6, 6.07) is 8.06. The molecule has 108 valence electrons. The number of aryl methyl sites for hydroxylation is 1. The molecule has 0 amide bonds. The van der Waals surface area contributed by atoms with Crippen LogP contribution in [0.5, 0.6) is 5.75 Å². The predicted molar refractivity (Wildman–Crippen MR) is 88.3 cm³/mol. The number of anilines is 1. The number of hydrogen-bond donors (Lipinski definition) is 1. The minimum atomic E-state index is 0.791. The molecule has 0 fully saturated rings. The number of nitrogens with zero attached hydrogens (tertiary/aromatic N) is 2. The van der Waals surface area contributed by atoms with E-state index in [1.165, 1.54) is 0 Å². The molecule has 0 atom stereocenters. The van der Waals surface area contributed by atoms with E-state index in [9.17, 15) is 0 Å². The second-order valence-electron chi connectivity index (χ2n) is 4.74. The Hall–Kier alpha value is -2.14. The summed E-state index contributed by atoms with van der Waals surface area (Å²) in [6.07, 6.45) is 0. The lowest BCUT2D eigenvalue weighted by atomic mass is 10.1. The van der Waals surface area contributed by atoms with Gasteiger partial charge in [-0.05, 0) is 26.0 Å². The number of nitrogens with one attached hydrogen (secondary N) is 1. The first kappa shape index (κ1) is 13.8. The van der Waals surface area contributed by atoms with Gasteiger partial charge in [0, 0.05) is 28.6 Å².